The van der Waals surface area contributed by atoms with Gasteiger partial charge < -0.3 is 4.57 Å². The van der Waals surface area contributed by atoms with E-state index in [0.29, 0.717) is 17.5 Å². The Morgan fingerprint density at radius 1 is 0.400 bits per heavy atom. The van der Waals surface area contributed by atoms with Gasteiger partial charge in [0, 0.05) is 53.3 Å². The third-order valence-electron chi connectivity index (χ3n) is 9.46. The van der Waals surface area contributed by atoms with Crippen molar-refractivity contribution in [2.75, 3.05) is 0 Å². The summed E-state index contributed by atoms with van der Waals surface area (Å²) in [6.45, 7) is 0. The van der Waals surface area contributed by atoms with Crippen LogP contribution in [0.5, 0.6) is 0 Å². The number of benzene rings is 7. The predicted octanol–water partition coefficient (Wildman–Crippen LogP) is 12.0. The lowest BCUT2D eigenvalue weighted by Gasteiger charge is -2.10. The van der Waals surface area contributed by atoms with E-state index < -0.39 is 0 Å². The van der Waals surface area contributed by atoms with Gasteiger partial charge in [-0.15, -0.1) is 11.3 Å². The molecule has 3 aromatic heterocycles. The SMILES string of the molecule is c1ccc(-c2nc(-c3ccccc3)nc(-c3cccc4c3sc3cccc(-c5ccc6c7ccccc7n(-c7ccccc7)c6c5)c34)n2)cc1. The van der Waals surface area contributed by atoms with Crippen LogP contribution in [0.25, 0.3) is 93.0 Å². The number of para-hydroxylation sites is 2. The van der Waals surface area contributed by atoms with Gasteiger partial charge in [-0.05, 0) is 47.5 Å². The highest BCUT2D eigenvalue weighted by molar-refractivity contribution is 7.26. The van der Waals surface area contributed by atoms with E-state index in [0.717, 1.165) is 22.4 Å². The third kappa shape index (κ3) is 4.63. The van der Waals surface area contributed by atoms with Crippen molar-refractivity contribution in [2.24, 2.45) is 0 Å². The van der Waals surface area contributed by atoms with Crippen molar-refractivity contribution in [2.45, 2.75) is 0 Å². The lowest BCUT2D eigenvalue weighted by atomic mass is 9.97. The average Bonchev–Trinajstić information content (AvgIpc) is 3.74. The maximum absolute atomic E-state index is 5.08. The summed E-state index contributed by atoms with van der Waals surface area (Å²) in [6.07, 6.45) is 0. The lowest BCUT2D eigenvalue weighted by Crippen LogP contribution is -2.00. The van der Waals surface area contributed by atoms with E-state index in [9.17, 15) is 0 Å². The summed E-state index contributed by atoms with van der Waals surface area (Å²) in [7, 11) is 0. The first-order valence-corrected chi connectivity index (χ1v) is 17.5. The van der Waals surface area contributed by atoms with Gasteiger partial charge in [0.25, 0.3) is 0 Å². The van der Waals surface area contributed by atoms with Gasteiger partial charge in [0.2, 0.25) is 0 Å². The van der Waals surface area contributed by atoms with E-state index in [-0.39, 0.29) is 0 Å². The highest BCUT2D eigenvalue weighted by Crippen LogP contribution is 2.44. The Morgan fingerprint density at radius 3 is 1.72 bits per heavy atom. The highest BCUT2D eigenvalue weighted by atomic mass is 32.1. The predicted molar refractivity (Wildman–Crippen MR) is 209 cm³/mol. The maximum atomic E-state index is 5.08. The number of fused-ring (bicyclic) bond motifs is 6. The number of hydrogen-bond donors (Lipinski definition) is 0. The zero-order chi connectivity index (χ0) is 33.0. The second kappa shape index (κ2) is 11.6. The molecule has 10 rings (SSSR count). The number of nitrogens with zero attached hydrogens (tertiary/aromatic N) is 4. The van der Waals surface area contributed by atoms with Crippen LogP contribution in [-0.4, -0.2) is 19.5 Å². The highest BCUT2D eigenvalue weighted by Gasteiger charge is 2.19. The first-order chi connectivity index (χ1) is 24.8. The molecule has 50 heavy (non-hydrogen) atoms. The van der Waals surface area contributed by atoms with Crippen LogP contribution in [0.15, 0.2) is 170 Å². The number of hydrogen-bond acceptors (Lipinski definition) is 4. The molecule has 0 aliphatic rings. The van der Waals surface area contributed by atoms with Gasteiger partial charge in [-0.2, -0.15) is 0 Å². The minimum atomic E-state index is 0.662. The minimum Gasteiger partial charge on any atom is -0.309 e. The Morgan fingerprint density at radius 2 is 0.980 bits per heavy atom. The molecule has 0 unspecified atom stereocenters. The van der Waals surface area contributed by atoms with Gasteiger partial charge in [-0.1, -0.05) is 133 Å². The first-order valence-electron chi connectivity index (χ1n) is 16.7. The van der Waals surface area contributed by atoms with Crippen molar-refractivity contribution >= 4 is 53.3 Å². The Hall–Kier alpha value is -6.43. The van der Waals surface area contributed by atoms with E-state index in [1.54, 1.807) is 11.3 Å². The van der Waals surface area contributed by atoms with Gasteiger partial charge in [-0.25, -0.2) is 15.0 Å². The Kier molecular flexibility index (Phi) is 6.64. The number of thiophene rings is 1. The van der Waals surface area contributed by atoms with Gasteiger partial charge in [0.15, 0.2) is 17.5 Å². The molecule has 0 saturated carbocycles. The van der Waals surface area contributed by atoms with Crippen LogP contribution in [0.4, 0.5) is 0 Å². The molecule has 0 atom stereocenters. The minimum absolute atomic E-state index is 0.662. The molecule has 0 bridgehead atoms. The summed E-state index contributed by atoms with van der Waals surface area (Å²) in [6, 6.07) is 59.7. The van der Waals surface area contributed by atoms with Crippen LogP contribution in [-0.2, 0) is 0 Å². The Labute approximate surface area is 292 Å². The molecule has 0 aliphatic carbocycles. The molecule has 0 radical (unpaired) electrons. The average molecular weight is 657 g/mol. The summed E-state index contributed by atoms with van der Waals surface area (Å²) in [5.74, 6) is 2.00. The molecule has 234 valence electrons. The van der Waals surface area contributed by atoms with Gasteiger partial charge in [0.1, 0.15) is 0 Å². The third-order valence-corrected chi connectivity index (χ3v) is 10.7. The van der Waals surface area contributed by atoms with Gasteiger partial charge in [-0.3, -0.25) is 0 Å². The largest absolute Gasteiger partial charge is 0.309 e. The molecule has 0 saturated heterocycles. The van der Waals surface area contributed by atoms with Crippen LogP contribution in [0.1, 0.15) is 0 Å². The lowest BCUT2D eigenvalue weighted by molar-refractivity contribution is 1.08. The normalized spacial score (nSPS) is 11.6. The smallest absolute Gasteiger partial charge is 0.165 e. The summed E-state index contributed by atoms with van der Waals surface area (Å²) in [4.78, 5) is 15.1. The number of aromatic nitrogens is 4. The standard InChI is InChI=1S/C45H28N4S/c1-4-14-29(15-5-1)43-46-44(30-16-6-2-7-17-30)48-45(47-43)37-23-12-22-36-41-33(21-13-25-40(41)50-42(36)37)31-26-27-35-34-20-10-11-24-38(34)49(39(35)28-31)32-18-8-3-9-19-32/h1-28H. The van der Waals surface area contributed by atoms with E-state index in [1.165, 1.54) is 53.1 Å². The van der Waals surface area contributed by atoms with Crippen LogP contribution in [0.2, 0.25) is 0 Å². The van der Waals surface area contributed by atoms with Crippen LogP contribution >= 0.6 is 11.3 Å². The second-order valence-electron chi connectivity index (χ2n) is 12.4. The fourth-order valence-corrected chi connectivity index (χ4v) is 8.42. The molecule has 0 fully saturated rings. The van der Waals surface area contributed by atoms with Crippen molar-refractivity contribution in [1.82, 2.24) is 19.5 Å². The van der Waals surface area contributed by atoms with Crippen molar-refractivity contribution < 1.29 is 0 Å². The molecule has 0 N–H and O–H groups in total. The molecule has 0 amide bonds. The van der Waals surface area contributed by atoms with E-state index in [1.807, 2.05) is 60.7 Å². The quantitative estimate of drug-likeness (QED) is 0.185. The fraction of sp³-hybridized carbons (Fsp3) is 0. The van der Waals surface area contributed by atoms with E-state index in [2.05, 4.69) is 114 Å². The van der Waals surface area contributed by atoms with E-state index in [4.69, 9.17) is 15.0 Å². The molecule has 5 heteroatoms. The van der Waals surface area contributed by atoms with Crippen molar-refractivity contribution in [1.29, 1.82) is 0 Å². The monoisotopic (exact) mass is 656 g/mol. The molecule has 7 aromatic carbocycles. The van der Waals surface area contributed by atoms with Crippen LogP contribution < -0.4 is 0 Å². The summed E-state index contributed by atoms with van der Waals surface area (Å²) >= 11 is 1.80. The summed E-state index contributed by atoms with van der Waals surface area (Å²) in [5, 5.41) is 4.95. The zero-order valence-corrected chi connectivity index (χ0v) is 27.7. The molecule has 3 heterocycles. The summed E-state index contributed by atoms with van der Waals surface area (Å²) < 4.78 is 4.78. The first kappa shape index (κ1) is 28.6. The van der Waals surface area contributed by atoms with Crippen molar-refractivity contribution in [3.63, 3.8) is 0 Å². The molecular weight excluding hydrogens is 629 g/mol. The van der Waals surface area contributed by atoms with Gasteiger partial charge >= 0.3 is 0 Å². The topological polar surface area (TPSA) is 43.6 Å². The Bertz CT molecular complexity index is 2800. The summed E-state index contributed by atoms with van der Waals surface area (Å²) in [5.41, 5.74) is 8.88. The van der Waals surface area contributed by atoms with Crippen LogP contribution in [0.3, 0.4) is 0 Å². The van der Waals surface area contributed by atoms with Gasteiger partial charge in [0.05, 0.1) is 11.0 Å². The molecule has 0 aliphatic heterocycles. The van der Waals surface area contributed by atoms with E-state index >= 15 is 0 Å². The van der Waals surface area contributed by atoms with Crippen LogP contribution in [0, 0.1) is 0 Å². The zero-order valence-electron chi connectivity index (χ0n) is 26.9. The second-order valence-corrected chi connectivity index (χ2v) is 13.5. The number of rotatable bonds is 5. The molecular formula is C45H28N4S. The van der Waals surface area contributed by atoms with Crippen molar-refractivity contribution in [3.8, 4) is 51.0 Å². The molecule has 4 nitrogen and oxygen atoms in total. The Balaban J connectivity index is 1.19. The fourth-order valence-electron chi connectivity index (χ4n) is 7.19. The van der Waals surface area contributed by atoms with Crippen molar-refractivity contribution in [3.05, 3.63) is 170 Å². The molecule has 10 aromatic rings. The maximum Gasteiger partial charge on any atom is 0.165 e. The molecule has 0 spiro atoms.